The van der Waals surface area contributed by atoms with Crippen LogP contribution in [0.4, 0.5) is 0 Å². The Morgan fingerprint density at radius 2 is 2.42 bits per heavy atom. The van der Waals surface area contributed by atoms with Crippen molar-refractivity contribution in [2.75, 3.05) is 0 Å². The highest BCUT2D eigenvalue weighted by Crippen LogP contribution is 1.94. The molecule has 2 heterocycles. The summed E-state index contributed by atoms with van der Waals surface area (Å²) in [6.45, 7) is 1.78. The van der Waals surface area contributed by atoms with E-state index in [4.69, 9.17) is 12.2 Å². The molecule has 0 saturated carbocycles. The van der Waals surface area contributed by atoms with Crippen molar-refractivity contribution in [3.05, 3.63) is 27.0 Å². The minimum absolute atomic E-state index is 0.190. The molecular formula is C6H6N4OS. The van der Waals surface area contributed by atoms with Crippen LogP contribution in [0.1, 0.15) is 5.82 Å². The Hall–Kier alpha value is -1.43. The van der Waals surface area contributed by atoms with Gasteiger partial charge in [-0.15, -0.1) is 0 Å². The molecule has 0 radical (unpaired) electrons. The summed E-state index contributed by atoms with van der Waals surface area (Å²) in [6.07, 6.45) is 0. The topological polar surface area (TPSA) is 66.0 Å². The highest BCUT2D eigenvalue weighted by atomic mass is 32.1. The van der Waals surface area contributed by atoms with Gasteiger partial charge in [0.05, 0.1) is 0 Å². The Balaban J connectivity index is 3.08. The second kappa shape index (κ2) is 2.28. The fourth-order valence-corrected chi connectivity index (χ4v) is 1.32. The molecular weight excluding hydrogens is 176 g/mol. The van der Waals surface area contributed by atoms with Gasteiger partial charge < -0.3 is 4.98 Å². The Morgan fingerprint density at radius 3 is 3.17 bits per heavy atom. The van der Waals surface area contributed by atoms with Crippen LogP contribution in [0.2, 0.25) is 0 Å². The van der Waals surface area contributed by atoms with Crippen molar-refractivity contribution in [1.29, 1.82) is 0 Å². The molecule has 6 heteroatoms. The highest BCUT2D eigenvalue weighted by molar-refractivity contribution is 7.71. The Kier molecular flexibility index (Phi) is 1.37. The molecule has 0 bridgehead atoms. The number of H-pyrrole nitrogens is 2. The highest BCUT2D eigenvalue weighted by Gasteiger charge is 1.98. The lowest BCUT2D eigenvalue weighted by atomic mass is 10.6. The third kappa shape index (κ3) is 0.964. The molecule has 0 aliphatic carbocycles. The van der Waals surface area contributed by atoms with Gasteiger partial charge in [0, 0.05) is 6.07 Å². The van der Waals surface area contributed by atoms with Gasteiger partial charge >= 0.3 is 0 Å². The second-order valence-corrected chi connectivity index (χ2v) is 2.81. The zero-order valence-corrected chi connectivity index (χ0v) is 7.10. The minimum atomic E-state index is -0.190. The van der Waals surface area contributed by atoms with E-state index in [1.807, 2.05) is 0 Å². The normalized spacial score (nSPS) is 10.8. The van der Waals surface area contributed by atoms with E-state index in [2.05, 4.69) is 15.1 Å². The van der Waals surface area contributed by atoms with Crippen molar-refractivity contribution in [2.24, 2.45) is 0 Å². The average molecular weight is 182 g/mol. The smallest absolute Gasteiger partial charge is 0.266 e. The predicted octanol–water partition coefficient (Wildman–Crippen LogP) is 0.389. The summed E-state index contributed by atoms with van der Waals surface area (Å²) in [5, 5.41) is 2.52. The van der Waals surface area contributed by atoms with E-state index in [0.29, 0.717) is 16.2 Å². The number of fused-ring (bicyclic) bond motifs is 1. The average Bonchev–Trinajstić information content (AvgIpc) is 2.29. The monoisotopic (exact) mass is 182 g/mol. The van der Waals surface area contributed by atoms with Crippen molar-refractivity contribution in [2.45, 2.75) is 6.92 Å². The largest absolute Gasteiger partial charge is 0.328 e. The summed E-state index contributed by atoms with van der Waals surface area (Å²) < 4.78 is 1.79. The molecule has 12 heavy (non-hydrogen) atoms. The predicted molar refractivity (Wildman–Crippen MR) is 45.7 cm³/mol. The van der Waals surface area contributed by atoms with E-state index >= 15 is 0 Å². The van der Waals surface area contributed by atoms with E-state index in [1.165, 1.54) is 10.6 Å². The van der Waals surface area contributed by atoms with Crippen LogP contribution in [0.5, 0.6) is 0 Å². The third-order valence-corrected chi connectivity index (χ3v) is 1.77. The minimum Gasteiger partial charge on any atom is -0.328 e. The van der Waals surface area contributed by atoms with Gasteiger partial charge in [0.1, 0.15) is 11.5 Å². The van der Waals surface area contributed by atoms with Crippen molar-refractivity contribution in [3.63, 3.8) is 0 Å². The van der Waals surface area contributed by atoms with Gasteiger partial charge in [0.15, 0.2) is 0 Å². The maximum Gasteiger partial charge on any atom is 0.266 e. The first-order chi connectivity index (χ1) is 5.66. The fraction of sp³-hybridized carbons (Fsp3) is 0.167. The molecule has 0 aromatic carbocycles. The molecule has 0 aliphatic heterocycles. The standard InChI is InChI=1S/C6H6N4OS/c1-3-7-4-2-5(11)9-10(4)6(12)8-3/h2H,1H3,(H,9,11)(H,7,8,12). The molecule has 2 N–H and O–H groups in total. The van der Waals surface area contributed by atoms with Gasteiger partial charge in [-0.05, 0) is 19.1 Å². The molecule has 0 fully saturated rings. The summed E-state index contributed by atoms with van der Waals surface area (Å²) in [7, 11) is 0. The van der Waals surface area contributed by atoms with Crippen LogP contribution in [0, 0.1) is 11.7 Å². The molecule has 62 valence electrons. The maximum atomic E-state index is 10.9. The third-order valence-electron chi connectivity index (χ3n) is 1.49. The van der Waals surface area contributed by atoms with Crippen LogP contribution in [0.15, 0.2) is 10.9 Å². The van der Waals surface area contributed by atoms with E-state index in [-0.39, 0.29) is 5.56 Å². The number of hydrogen-bond donors (Lipinski definition) is 2. The van der Waals surface area contributed by atoms with Crippen LogP contribution < -0.4 is 5.56 Å². The molecule has 0 unspecified atom stereocenters. The zero-order valence-electron chi connectivity index (χ0n) is 6.29. The van der Waals surface area contributed by atoms with Crippen LogP contribution in [0.3, 0.4) is 0 Å². The first-order valence-corrected chi connectivity index (χ1v) is 3.76. The lowest BCUT2D eigenvalue weighted by molar-refractivity contribution is 0.840. The van der Waals surface area contributed by atoms with Crippen LogP contribution in [-0.4, -0.2) is 19.6 Å². The Morgan fingerprint density at radius 1 is 1.67 bits per heavy atom. The summed E-state index contributed by atoms with van der Waals surface area (Å²) in [4.78, 5) is 17.8. The summed E-state index contributed by atoms with van der Waals surface area (Å²) >= 11 is 4.92. The molecule has 2 aromatic rings. The lowest BCUT2D eigenvalue weighted by Crippen LogP contribution is -2.01. The first kappa shape index (κ1) is 7.23. The van der Waals surface area contributed by atoms with E-state index in [9.17, 15) is 4.79 Å². The van der Waals surface area contributed by atoms with E-state index < -0.39 is 0 Å². The number of nitrogens with one attached hydrogen (secondary N) is 2. The van der Waals surface area contributed by atoms with Crippen molar-refractivity contribution in [3.8, 4) is 0 Å². The summed E-state index contributed by atoms with van der Waals surface area (Å²) in [6, 6.07) is 1.43. The van der Waals surface area contributed by atoms with Gasteiger partial charge in [0.25, 0.3) is 5.56 Å². The molecule has 0 spiro atoms. The lowest BCUT2D eigenvalue weighted by Gasteiger charge is -1.95. The maximum absolute atomic E-state index is 10.9. The van der Waals surface area contributed by atoms with Crippen LogP contribution >= 0.6 is 12.2 Å². The van der Waals surface area contributed by atoms with Gasteiger partial charge in [-0.2, -0.15) is 0 Å². The molecule has 0 amide bonds. The second-order valence-electron chi connectivity index (χ2n) is 2.45. The van der Waals surface area contributed by atoms with Gasteiger partial charge in [-0.1, -0.05) is 0 Å². The summed E-state index contributed by atoms with van der Waals surface area (Å²) in [5.74, 6) is 0.694. The van der Waals surface area contributed by atoms with Gasteiger partial charge in [-0.25, -0.2) is 9.50 Å². The molecule has 2 aromatic heterocycles. The summed E-state index contributed by atoms with van der Waals surface area (Å²) in [5.41, 5.74) is 0.447. The van der Waals surface area contributed by atoms with E-state index in [0.717, 1.165) is 0 Å². The quantitative estimate of drug-likeness (QED) is 0.579. The molecule has 0 aliphatic rings. The number of hydrogen-bond acceptors (Lipinski definition) is 3. The number of nitrogens with zero attached hydrogens (tertiary/aromatic N) is 2. The van der Waals surface area contributed by atoms with E-state index in [1.54, 1.807) is 6.92 Å². The number of aromatic amines is 2. The molecule has 2 rings (SSSR count). The molecule has 5 nitrogen and oxygen atoms in total. The van der Waals surface area contributed by atoms with Crippen LogP contribution in [-0.2, 0) is 0 Å². The Labute approximate surface area is 72.1 Å². The van der Waals surface area contributed by atoms with Gasteiger partial charge in [-0.3, -0.25) is 9.89 Å². The molecule has 0 atom stereocenters. The van der Waals surface area contributed by atoms with Gasteiger partial charge in [0.2, 0.25) is 4.77 Å². The van der Waals surface area contributed by atoms with Crippen molar-refractivity contribution >= 4 is 17.9 Å². The fourth-order valence-electron chi connectivity index (χ4n) is 1.04. The molecule has 0 saturated heterocycles. The number of aromatic nitrogens is 4. The van der Waals surface area contributed by atoms with Crippen LogP contribution in [0.25, 0.3) is 5.65 Å². The van der Waals surface area contributed by atoms with Crippen molar-refractivity contribution < 1.29 is 0 Å². The number of aryl methyl sites for hydroxylation is 1. The zero-order chi connectivity index (χ0) is 8.72. The first-order valence-electron chi connectivity index (χ1n) is 3.35. The SMILES string of the molecule is Cc1nc(=S)n2[nH]c(=O)cc2[nH]1. The number of rotatable bonds is 0. The van der Waals surface area contributed by atoms with Crippen molar-refractivity contribution in [1.82, 2.24) is 19.6 Å². The Bertz CT molecular complexity index is 534.